The monoisotopic (exact) mass is 200 g/mol. The van der Waals surface area contributed by atoms with Crippen LogP contribution in [0.3, 0.4) is 0 Å². The van der Waals surface area contributed by atoms with Gasteiger partial charge in [-0.1, -0.05) is 0 Å². The van der Waals surface area contributed by atoms with Gasteiger partial charge in [0.2, 0.25) is 0 Å². The summed E-state index contributed by atoms with van der Waals surface area (Å²) in [6.45, 7) is 8.37. The highest BCUT2D eigenvalue weighted by atomic mass is 16.6. The molecular formula is C10H20N2O2. The molecule has 4 nitrogen and oxygen atoms in total. The highest BCUT2D eigenvalue weighted by Crippen LogP contribution is 2.21. The first kappa shape index (κ1) is 11.3. The predicted octanol–water partition coefficient (Wildman–Crippen LogP) is 1.34. The van der Waals surface area contributed by atoms with Gasteiger partial charge in [0.15, 0.2) is 0 Å². The third-order valence-corrected chi connectivity index (χ3v) is 2.61. The molecular weight excluding hydrogens is 180 g/mol. The average molecular weight is 200 g/mol. The predicted molar refractivity (Wildman–Crippen MR) is 55.0 cm³/mol. The minimum Gasteiger partial charge on any atom is -0.445 e. The average Bonchev–Trinajstić information content (AvgIpc) is 2.01. The highest BCUT2D eigenvalue weighted by Gasteiger charge is 2.29. The molecule has 0 aromatic heterocycles. The van der Waals surface area contributed by atoms with E-state index in [0.717, 1.165) is 25.9 Å². The van der Waals surface area contributed by atoms with Crippen molar-refractivity contribution in [3.05, 3.63) is 0 Å². The van der Waals surface area contributed by atoms with E-state index in [9.17, 15) is 4.79 Å². The first-order valence-corrected chi connectivity index (χ1v) is 5.11. The van der Waals surface area contributed by atoms with Crippen molar-refractivity contribution < 1.29 is 9.53 Å². The fourth-order valence-electron chi connectivity index (χ4n) is 1.81. The Hall–Kier alpha value is -0.770. The zero-order chi connectivity index (χ0) is 10.8. The first-order valence-electron chi connectivity index (χ1n) is 5.11. The van der Waals surface area contributed by atoms with Crippen molar-refractivity contribution >= 4 is 6.09 Å². The molecule has 0 radical (unpaired) electrons. The Morgan fingerprint density at radius 2 is 2.14 bits per heavy atom. The minimum atomic E-state index is -0.661. The smallest absolute Gasteiger partial charge is 0.404 e. The molecule has 0 spiro atoms. The molecule has 14 heavy (non-hydrogen) atoms. The lowest BCUT2D eigenvalue weighted by Gasteiger charge is -2.40. The van der Waals surface area contributed by atoms with Crippen LogP contribution in [0, 0.1) is 0 Å². The first-order chi connectivity index (χ1) is 6.39. The number of carbonyl (C=O) groups excluding carboxylic acids is 1. The number of hydrogen-bond acceptors (Lipinski definition) is 3. The Labute approximate surface area is 85.4 Å². The Morgan fingerprint density at radius 1 is 1.50 bits per heavy atom. The summed E-state index contributed by atoms with van der Waals surface area (Å²) in [7, 11) is 0. The Bertz CT molecular complexity index is 211. The van der Waals surface area contributed by atoms with Crippen molar-refractivity contribution in [1.29, 1.82) is 0 Å². The zero-order valence-corrected chi connectivity index (χ0v) is 9.25. The van der Waals surface area contributed by atoms with E-state index in [1.54, 1.807) is 0 Å². The van der Waals surface area contributed by atoms with Gasteiger partial charge < -0.3 is 10.5 Å². The molecule has 0 saturated carbocycles. The van der Waals surface area contributed by atoms with Gasteiger partial charge in [0.25, 0.3) is 0 Å². The van der Waals surface area contributed by atoms with Gasteiger partial charge in [0, 0.05) is 12.1 Å². The van der Waals surface area contributed by atoms with Gasteiger partial charge in [-0.15, -0.1) is 0 Å². The molecule has 1 aliphatic rings. The summed E-state index contributed by atoms with van der Waals surface area (Å²) in [6.07, 6.45) is 1.30. The normalized spacial score (nSPS) is 24.6. The lowest BCUT2D eigenvalue weighted by Crippen LogP contribution is -2.50. The van der Waals surface area contributed by atoms with E-state index >= 15 is 0 Å². The van der Waals surface area contributed by atoms with Crippen LogP contribution in [-0.4, -0.2) is 35.7 Å². The van der Waals surface area contributed by atoms with Crippen LogP contribution in [0.2, 0.25) is 0 Å². The molecule has 0 aromatic rings. The molecule has 0 aromatic carbocycles. The fourth-order valence-corrected chi connectivity index (χ4v) is 1.81. The van der Waals surface area contributed by atoms with E-state index in [1.807, 2.05) is 0 Å². The topological polar surface area (TPSA) is 55.6 Å². The molecule has 82 valence electrons. The van der Waals surface area contributed by atoms with Crippen molar-refractivity contribution in [1.82, 2.24) is 4.90 Å². The maximum atomic E-state index is 10.6. The number of piperidine rings is 1. The van der Waals surface area contributed by atoms with Crippen molar-refractivity contribution in [3.8, 4) is 0 Å². The molecule has 1 aliphatic heterocycles. The van der Waals surface area contributed by atoms with Crippen molar-refractivity contribution in [2.24, 2.45) is 5.73 Å². The van der Waals surface area contributed by atoms with Gasteiger partial charge in [-0.2, -0.15) is 0 Å². The Kier molecular flexibility index (Phi) is 3.37. The quantitative estimate of drug-likeness (QED) is 0.695. The summed E-state index contributed by atoms with van der Waals surface area (Å²) >= 11 is 0. The van der Waals surface area contributed by atoms with E-state index in [2.05, 4.69) is 25.7 Å². The second-order valence-electron chi connectivity index (χ2n) is 4.82. The highest BCUT2D eigenvalue weighted by molar-refractivity contribution is 5.64. The number of nitrogens with two attached hydrogens (primary N) is 1. The van der Waals surface area contributed by atoms with Gasteiger partial charge in [0.05, 0.1) is 0 Å². The molecule has 0 aliphatic carbocycles. The van der Waals surface area contributed by atoms with E-state index in [0.29, 0.717) is 0 Å². The Morgan fingerprint density at radius 3 is 2.64 bits per heavy atom. The number of rotatable bonds is 1. The molecule has 1 atom stereocenters. The van der Waals surface area contributed by atoms with E-state index in [4.69, 9.17) is 10.5 Å². The summed E-state index contributed by atoms with van der Waals surface area (Å²) in [5.74, 6) is 0. The number of primary amides is 1. The lowest BCUT2D eigenvalue weighted by atomic mass is 9.99. The van der Waals surface area contributed by atoms with Crippen molar-refractivity contribution in [3.63, 3.8) is 0 Å². The minimum absolute atomic E-state index is 0.0273. The van der Waals surface area contributed by atoms with E-state index in [-0.39, 0.29) is 11.6 Å². The molecule has 1 amide bonds. The maximum absolute atomic E-state index is 10.6. The van der Waals surface area contributed by atoms with Crippen LogP contribution in [-0.2, 0) is 4.74 Å². The van der Waals surface area contributed by atoms with Crippen LogP contribution in [0.25, 0.3) is 0 Å². The number of likely N-dealkylation sites (tertiary alicyclic amines) is 1. The van der Waals surface area contributed by atoms with Gasteiger partial charge in [0.1, 0.15) is 6.10 Å². The second kappa shape index (κ2) is 4.17. The Balaban J connectivity index is 2.48. The van der Waals surface area contributed by atoms with Crippen molar-refractivity contribution in [2.75, 3.05) is 13.1 Å². The molecule has 1 unspecified atom stereocenters. The number of carbonyl (C=O) groups is 1. The van der Waals surface area contributed by atoms with Crippen molar-refractivity contribution in [2.45, 2.75) is 45.3 Å². The van der Waals surface area contributed by atoms with Crippen LogP contribution in [0.4, 0.5) is 4.79 Å². The summed E-state index contributed by atoms with van der Waals surface area (Å²) in [4.78, 5) is 12.9. The number of hydrogen-bond donors (Lipinski definition) is 1. The standard InChI is InChI=1S/C10H20N2O2/c1-10(2,3)12-6-4-5-8(7-12)14-9(11)13/h8H,4-7H2,1-3H3,(H2,11,13). The number of amides is 1. The second-order valence-corrected chi connectivity index (χ2v) is 4.82. The third kappa shape index (κ3) is 3.18. The molecule has 1 rings (SSSR count). The summed E-state index contributed by atoms with van der Waals surface area (Å²) in [5, 5.41) is 0. The number of ether oxygens (including phenoxy) is 1. The van der Waals surface area contributed by atoms with Gasteiger partial charge in [-0.3, -0.25) is 4.90 Å². The lowest BCUT2D eigenvalue weighted by molar-refractivity contribution is 0.0114. The van der Waals surface area contributed by atoms with Crippen LogP contribution in [0.1, 0.15) is 33.6 Å². The summed E-state index contributed by atoms with van der Waals surface area (Å²) in [5.41, 5.74) is 5.14. The molecule has 1 fully saturated rings. The molecule has 1 heterocycles. The van der Waals surface area contributed by atoms with Crippen LogP contribution >= 0.6 is 0 Å². The summed E-state index contributed by atoms with van der Waals surface area (Å²) < 4.78 is 5.01. The fraction of sp³-hybridized carbons (Fsp3) is 0.900. The van der Waals surface area contributed by atoms with E-state index in [1.165, 1.54) is 0 Å². The molecule has 4 heteroatoms. The van der Waals surface area contributed by atoms with Gasteiger partial charge in [-0.25, -0.2) is 4.79 Å². The van der Waals surface area contributed by atoms with Crippen LogP contribution in [0.5, 0.6) is 0 Å². The molecule has 2 N–H and O–H groups in total. The van der Waals surface area contributed by atoms with Crippen LogP contribution < -0.4 is 5.73 Å². The third-order valence-electron chi connectivity index (χ3n) is 2.61. The molecule has 1 saturated heterocycles. The number of nitrogens with zero attached hydrogens (tertiary/aromatic N) is 1. The van der Waals surface area contributed by atoms with Gasteiger partial charge >= 0.3 is 6.09 Å². The van der Waals surface area contributed by atoms with Gasteiger partial charge in [-0.05, 0) is 40.2 Å². The molecule has 0 bridgehead atoms. The SMILES string of the molecule is CC(C)(C)N1CCCC(OC(N)=O)C1. The largest absolute Gasteiger partial charge is 0.445 e. The zero-order valence-electron chi connectivity index (χ0n) is 9.25. The summed E-state index contributed by atoms with van der Waals surface area (Å²) in [6, 6.07) is 0. The van der Waals surface area contributed by atoms with Crippen LogP contribution in [0.15, 0.2) is 0 Å². The maximum Gasteiger partial charge on any atom is 0.404 e. The van der Waals surface area contributed by atoms with E-state index < -0.39 is 6.09 Å².